The van der Waals surface area contributed by atoms with Crippen LogP contribution in [0.2, 0.25) is 10.0 Å². The fourth-order valence-electron chi connectivity index (χ4n) is 4.41. The fourth-order valence-corrected chi connectivity index (χ4v) is 4.99. The number of allylic oxidation sites excluding steroid dienone is 1. The van der Waals surface area contributed by atoms with Crippen molar-refractivity contribution >= 4 is 40.9 Å². The van der Waals surface area contributed by atoms with Gasteiger partial charge in [-0.1, -0.05) is 46.6 Å². The van der Waals surface area contributed by atoms with Crippen molar-refractivity contribution in [1.29, 1.82) is 0 Å². The topological polar surface area (TPSA) is 66.6 Å². The lowest BCUT2D eigenvalue weighted by molar-refractivity contribution is 0.0697. The molecule has 1 aliphatic heterocycles. The van der Waals surface area contributed by atoms with Crippen LogP contribution in [0.5, 0.6) is 0 Å². The molecule has 5 rings (SSSR count). The average Bonchev–Trinajstić information content (AvgIpc) is 3.58. The number of carbonyl (C=O) groups is 1. The molecule has 170 valence electrons. The zero-order chi connectivity index (χ0) is 22.9. The summed E-state index contributed by atoms with van der Waals surface area (Å²) in [6.45, 7) is 1.84. The van der Waals surface area contributed by atoms with Gasteiger partial charge >= 0.3 is 5.97 Å². The van der Waals surface area contributed by atoms with Gasteiger partial charge in [0.2, 0.25) is 0 Å². The summed E-state index contributed by atoms with van der Waals surface area (Å²) in [5.41, 5.74) is 3.79. The van der Waals surface area contributed by atoms with Crippen LogP contribution in [0.1, 0.15) is 53.3 Å². The molecule has 33 heavy (non-hydrogen) atoms. The summed E-state index contributed by atoms with van der Waals surface area (Å²) in [7, 11) is 0. The van der Waals surface area contributed by atoms with E-state index in [1.165, 1.54) is 0 Å². The normalized spacial score (nSPS) is 17.1. The summed E-state index contributed by atoms with van der Waals surface area (Å²) in [4.78, 5) is 13.4. The maximum atomic E-state index is 11.1. The molecule has 0 unspecified atom stereocenters. The number of carboxylic acids is 1. The van der Waals surface area contributed by atoms with E-state index in [9.17, 15) is 4.79 Å². The summed E-state index contributed by atoms with van der Waals surface area (Å²) in [5.74, 6) is 0.884. The van der Waals surface area contributed by atoms with E-state index in [-0.39, 0.29) is 0 Å². The molecule has 0 bridgehead atoms. The Bertz CT molecular complexity index is 1170. The van der Waals surface area contributed by atoms with Gasteiger partial charge in [-0.25, -0.2) is 4.79 Å². The SMILES string of the molecule is O=C(O)c1ccc(N2CCC(C=Cc3c(-c4c(Cl)cccc4Cl)noc3C3CC3)CC2)cc1. The lowest BCUT2D eigenvalue weighted by atomic mass is 9.94. The van der Waals surface area contributed by atoms with E-state index in [1.54, 1.807) is 12.1 Å². The second kappa shape index (κ2) is 9.24. The van der Waals surface area contributed by atoms with Crippen molar-refractivity contribution in [3.8, 4) is 11.3 Å². The Morgan fingerprint density at radius 1 is 1.03 bits per heavy atom. The highest BCUT2D eigenvalue weighted by molar-refractivity contribution is 6.39. The third kappa shape index (κ3) is 4.66. The number of halogens is 2. The molecule has 2 aliphatic rings. The zero-order valence-corrected chi connectivity index (χ0v) is 19.5. The van der Waals surface area contributed by atoms with E-state index in [1.807, 2.05) is 30.3 Å². The number of nitrogens with zero attached hydrogens (tertiary/aromatic N) is 2. The molecule has 1 aliphatic carbocycles. The third-order valence-electron chi connectivity index (χ3n) is 6.46. The third-order valence-corrected chi connectivity index (χ3v) is 7.09. The molecule has 0 amide bonds. The van der Waals surface area contributed by atoms with Crippen molar-refractivity contribution in [2.24, 2.45) is 5.92 Å². The van der Waals surface area contributed by atoms with Gasteiger partial charge in [0.15, 0.2) is 0 Å². The lowest BCUT2D eigenvalue weighted by Crippen LogP contribution is -2.33. The minimum absolute atomic E-state index is 0.311. The van der Waals surface area contributed by atoms with Crippen molar-refractivity contribution < 1.29 is 14.4 Å². The molecule has 0 atom stereocenters. The van der Waals surface area contributed by atoms with E-state index in [0.717, 1.165) is 61.3 Å². The van der Waals surface area contributed by atoms with Crippen LogP contribution in [0.25, 0.3) is 17.3 Å². The first kappa shape index (κ1) is 22.1. The van der Waals surface area contributed by atoms with Gasteiger partial charge in [0.05, 0.1) is 15.6 Å². The molecule has 0 spiro atoms. The van der Waals surface area contributed by atoms with Crippen LogP contribution in [-0.2, 0) is 0 Å². The summed E-state index contributed by atoms with van der Waals surface area (Å²) in [5, 5.41) is 14.6. The number of piperidine rings is 1. The Kier molecular flexibility index (Phi) is 6.17. The Balaban J connectivity index is 1.32. The maximum Gasteiger partial charge on any atom is 0.335 e. The Morgan fingerprint density at radius 3 is 2.30 bits per heavy atom. The maximum absolute atomic E-state index is 11.1. The molecule has 1 N–H and O–H groups in total. The first-order chi connectivity index (χ1) is 16.0. The van der Waals surface area contributed by atoms with Crippen LogP contribution in [-0.4, -0.2) is 29.3 Å². The zero-order valence-electron chi connectivity index (χ0n) is 18.0. The predicted octanol–water partition coefficient (Wildman–Crippen LogP) is 7.15. The minimum Gasteiger partial charge on any atom is -0.478 e. The quantitative estimate of drug-likeness (QED) is 0.403. The standard InChI is InChI=1S/C26H24Cl2N2O3/c27-21-2-1-3-22(28)23(21)24-20(25(33-29-24)17-5-6-17)11-4-16-12-14-30(15-13-16)19-9-7-18(8-10-19)26(31)32/h1-4,7-11,16-17H,5-6,12-15H2,(H,31,32). The van der Waals surface area contributed by atoms with Crippen molar-refractivity contribution in [1.82, 2.24) is 5.16 Å². The number of rotatable bonds is 6. The smallest absolute Gasteiger partial charge is 0.335 e. The van der Waals surface area contributed by atoms with Crippen molar-refractivity contribution in [2.45, 2.75) is 31.6 Å². The Hall–Kier alpha value is -2.76. The Labute approximate surface area is 202 Å². The first-order valence-electron chi connectivity index (χ1n) is 11.2. The van der Waals surface area contributed by atoms with Gasteiger partial charge in [0, 0.05) is 35.8 Å². The van der Waals surface area contributed by atoms with Crippen LogP contribution in [0.4, 0.5) is 5.69 Å². The number of carboxylic acid groups (broad SMARTS) is 1. The number of hydrogen-bond acceptors (Lipinski definition) is 4. The number of anilines is 1. The van der Waals surface area contributed by atoms with Crippen LogP contribution < -0.4 is 4.90 Å². The summed E-state index contributed by atoms with van der Waals surface area (Å²) in [6, 6.07) is 12.6. The minimum atomic E-state index is -0.901. The monoisotopic (exact) mass is 482 g/mol. The molecular formula is C26H24Cl2N2O3. The molecule has 1 saturated carbocycles. The second-order valence-electron chi connectivity index (χ2n) is 8.72. The molecule has 2 fully saturated rings. The molecular weight excluding hydrogens is 459 g/mol. The van der Waals surface area contributed by atoms with Gasteiger partial charge in [0.25, 0.3) is 0 Å². The number of aromatic nitrogens is 1. The Morgan fingerprint density at radius 2 is 1.70 bits per heavy atom. The largest absolute Gasteiger partial charge is 0.478 e. The highest BCUT2D eigenvalue weighted by Crippen LogP contribution is 2.46. The van der Waals surface area contributed by atoms with Gasteiger partial charge in [-0.3, -0.25) is 0 Å². The predicted molar refractivity (Wildman–Crippen MR) is 131 cm³/mol. The van der Waals surface area contributed by atoms with E-state index in [2.05, 4.69) is 22.2 Å². The molecule has 1 saturated heterocycles. The fraction of sp³-hybridized carbons (Fsp3) is 0.308. The molecule has 2 heterocycles. The van der Waals surface area contributed by atoms with Crippen LogP contribution in [0, 0.1) is 5.92 Å². The van der Waals surface area contributed by atoms with Gasteiger partial charge < -0.3 is 14.5 Å². The molecule has 0 radical (unpaired) electrons. The molecule has 2 aromatic carbocycles. The van der Waals surface area contributed by atoms with Crippen molar-refractivity contribution in [2.75, 3.05) is 18.0 Å². The van der Waals surface area contributed by atoms with Crippen molar-refractivity contribution in [3.63, 3.8) is 0 Å². The van der Waals surface area contributed by atoms with E-state index < -0.39 is 5.97 Å². The van der Waals surface area contributed by atoms with E-state index in [0.29, 0.717) is 33.1 Å². The van der Waals surface area contributed by atoms with E-state index >= 15 is 0 Å². The summed E-state index contributed by atoms with van der Waals surface area (Å²) < 4.78 is 5.76. The highest BCUT2D eigenvalue weighted by Gasteiger charge is 2.32. The van der Waals surface area contributed by atoms with Gasteiger partial charge in [0.1, 0.15) is 11.5 Å². The van der Waals surface area contributed by atoms with Gasteiger partial charge in [-0.15, -0.1) is 0 Å². The van der Waals surface area contributed by atoms with E-state index in [4.69, 9.17) is 32.8 Å². The van der Waals surface area contributed by atoms with Crippen LogP contribution in [0.15, 0.2) is 53.1 Å². The molecule has 1 aromatic heterocycles. The van der Waals surface area contributed by atoms with Crippen molar-refractivity contribution in [3.05, 3.63) is 75.5 Å². The number of hydrogen-bond donors (Lipinski definition) is 1. The van der Waals surface area contributed by atoms with Gasteiger partial charge in [-0.2, -0.15) is 0 Å². The highest BCUT2D eigenvalue weighted by atomic mass is 35.5. The molecule has 7 heteroatoms. The van der Waals surface area contributed by atoms with Crippen LogP contribution >= 0.6 is 23.2 Å². The number of benzene rings is 2. The van der Waals surface area contributed by atoms with Crippen LogP contribution in [0.3, 0.4) is 0 Å². The number of aromatic carboxylic acids is 1. The van der Waals surface area contributed by atoms with Gasteiger partial charge in [-0.05, 0) is 68.0 Å². The second-order valence-corrected chi connectivity index (χ2v) is 9.53. The molecule has 5 nitrogen and oxygen atoms in total. The lowest BCUT2D eigenvalue weighted by Gasteiger charge is -2.32. The molecule has 3 aromatic rings. The summed E-state index contributed by atoms with van der Waals surface area (Å²) >= 11 is 12.9. The first-order valence-corrected chi connectivity index (χ1v) is 12.0. The summed E-state index contributed by atoms with van der Waals surface area (Å²) in [6.07, 6.45) is 8.67. The average molecular weight is 483 g/mol.